The predicted molar refractivity (Wildman–Crippen MR) is 75.8 cm³/mol. The fourth-order valence-electron chi connectivity index (χ4n) is 1.59. The van der Waals surface area contributed by atoms with Crippen molar-refractivity contribution < 1.29 is 14.3 Å². The molecule has 0 saturated heterocycles. The van der Waals surface area contributed by atoms with Gasteiger partial charge in [-0.15, -0.1) is 0 Å². The number of ether oxygens (including phenoxy) is 1. The van der Waals surface area contributed by atoms with Gasteiger partial charge in [-0.05, 0) is 12.5 Å². The largest absolute Gasteiger partial charge is 0.444 e. The molecule has 2 N–H and O–H groups in total. The van der Waals surface area contributed by atoms with Crippen LogP contribution in [0.15, 0.2) is 49.1 Å². The van der Waals surface area contributed by atoms with Crippen molar-refractivity contribution in [1.29, 1.82) is 0 Å². The van der Waals surface area contributed by atoms with Gasteiger partial charge < -0.3 is 10.2 Å². The Labute approximate surface area is 121 Å². The maximum Gasteiger partial charge on any atom is 0.414 e. The molecule has 1 aromatic carbocycles. The van der Waals surface area contributed by atoms with Gasteiger partial charge in [0.1, 0.15) is 19.0 Å². The molecule has 0 spiro atoms. The van der Waals surface area contributed by atoms with Crippen LogP contribution < -0.4 is 10.7 Å². The molecule has 2 amide bonds. The van der Waals surface area contributed by atoms with Crippen LogP contribution in [0.5, 0.6) is 0 Å². The van der Waals surface area contributed by atoms with Crippen molar-refractivity contribution in [2.75, 3.05) is 5.43 Å². The van der Waals surface area contributed by atoms with Gasteiger partial charge in [-0.25, -0.2) is 9.78 Å². The Bertz CT molecular complexity index is 584. The number of imide groups is 1. The second kappa shape index (κ2) is 7.09. The standard InChI is InChI=1S/C14H16N4O3/c1-11(17-18-8-7-15-10-18)13(19)16-14(20)21-9-12-5-3-2-4-6-12/h2-8,10-11,17H,9H2,1H3,(H,16,19,20)/t11-/m0/s1. The minimum absolute atomic E-state index is 0.114. The molecule has 0 aliphatic carbocycles. The number of aromatic nitrogens is 2. The molecular formula is C14H16N4O3. The number of hydrogen-bond acceptors (Lipinski definition) is 5. The van der Waals surface area contributed by atoms with Crippen molar-refractivity contribution in [2.24, 2.45) is 0 Å². The van der Waals surface area contributed by atoms with Crippen molar-refractivity contribution in [3.8, 4) is 0 Å². The van der Waals surface area contributed by atoms with Crippen molar-refractivity contribution in [3.63, 3.8) is 0 Å². The minimum Gasteiger partial charge on any atom is -0.444 e. The average molecular weight is 288 g/mol. The molecule has 21 heavy (non-hydrogen) atoms. The van der Waals surface area contributed by atoms with Gasteiger partial charge in [-0.2, -0.15) is 0 Å². The molecule has 2 rings (SSSR count). The van der Waals surface area contributed by atoms with Crippen LogP contribution in [0.1, 0.15) is 12.5 Å². The second-order valence-electron chi connectivity index (χ2n) is 4.37. The first-order valence-corrected chi connectivity index (χ1v) is 6.41. The lowest BCUT2D eigenvalue weighted by Crippen LogP contribution is -2.43. The molecule has 7 heteroatoms. The number of rotatable bonds is 5. The SMILES string of the molecule is C[C@H](Nn1ccnc1)C(=O)NC(=O)OCc1ccccc1. The van der Waals surface area contributed by atoms with Crippen molar-refractivity contribution in [1.82, 2.24) is 15.0 Å². The van der Waals surface area contributed by atoms with Crippen molar-refractivity contribution in [2.45, 2.75) is 19.6 Å². The molecule has 0 bridgehead atoms. The lowest BCUT2D eigenvalue weighted by atomic mass is 10.2. The summed E-state index contributed by atoms with van der Waals surface area (Å²) in [7, 11) is 0. The first-order valence-electron chi connectivity index (χ1n) is 6.41. The first kappa shape index (κ1) is 14.6. The number of imidazole rings is 1. The lowest BCUT2D eigenvalue weighted by Gasteiger charge is -2.14. The summed E-state index contributed by atoms with van der Waals surface area (Å²) in [5.41, 5.74) is 3.69. The summed E-state index contributed by atoms with van der Waals surface area (Å²) in [5.74, 6) is -0.484. The molecule has 0 aliphatic heterocycles. The Morgan fingerprint density at radius 3 is 2.76 bits per heavy atom. The molecule has 0 fully saturated rings. The van der Waals surface area contributed by atoms with Crippen LogP contribution >= 0.6 is 0 Å². The van der Waals surface area contributed by atoms with E-state index in [1.165, 1.54) is 11.0 Å². The van der Waals surface area contributed by atoms with E-state index in [4.69, 9.17) is 4.74 Å². The molecule has 7 nitrogen and oxygen atoms in total. The Hall–Kier alpha value is -2.83. The average Bonchev–Trinajstić information content (AvgIpc) is 2.99. The van der Waals surface area contributed by atoms with E-state index in [2.05, 4.69) is 15.7 Å². The van der Waals surface area contributed by atoms with Crippen molar-refractivity contribution >= 4 is 12.0 Å². The molecule has 1 atom stereocenters. The van der Waals surface area contributed by atoms with Crippen LogP contribution in [0.4, 0.5) is 4.79 Å². The summed E-state index contributed by atoms with van der Waals surface area (Å²) >= 11 is 0. The van der Waals surface area contributed by atoms with E-state index in [1.807, 2.05) is 30.3 Å². The van der Waals surface area contributed by atoms with Crippen molar-refractivity contribution in [3.05, 3.63) is 54.6 Å². The summed E-state index contributed by atoms with van der Waals surface area (Å²) in [6.45, 7) is 1.74. The summed E-state index contributed by atoms with van der Waals surface area (Å²) in [6.07, 6.45) is 3.96. The first-order chi connectivity index (χ1) is 10.1. The quantitative estimate of drug-likeness (QED) is 0.865. The predicted octanol–water partition coefficient (Wildman–Crippen LogP) is 1.27. The highest BCUT2D eigenvalue weighted by Gasteiger charge is 2.16. The number of nitrogens with zero attached hydrogens (tertiary/aromatic N) is 2. The summed E-state index contributed by atoms with van der Waals surface area (Å²) in [4.78, 5) is 27.2. The number of amides is 2. The second-order valence-corrected chi connectivity index (χ2v) is 4.37. The number of hydrogen-bond donors (Lipinski definition) is 2. The summed E-state index contributed by atoms with van der Waals surface area (Å²) in [5, 5.41) is 2.17. The van der Waals surface area contributed by atoms with Gasteiger partial charge in [0.05, 0.1) is 0 Å². The van der Waals surface area contributed by atoms with Gasteiger partial charge in [0.15, 0.2) is 0 Å². The molecule has 1 aromatic heterocycles. The van der Waals surface area contributed by atoms with Crippen LogP contribution in [0, 0.1) is 0 Å². The Morgan fingerprint density at radius 2 is 2.10 bits per heavy atom. The fourth-order valence-corrected chi connectivity index (χ4v) is 1.59. The number of benzene rings is 1. The van der Waals surface area contributed by atoms with E-state index < -0.39 is 18.0 Å². The Balaban J connectivity index is 1.75. The number of alkyl carbamates (subject to hydrolysis) is 1. The molecule has 0 unspecified atom stereocenters. The van der Waals surface area contributed by atoms with E-state index in [0.29, 0.717) is 0 Å². The van der Waals surface area contributed by atoms with Gasteiger partial charge in [0, 0.05) is 12.4 Å². The molecule has 0 radical (unpaired) electrons. The maximum atomic E-state index is 11.8. The number of nitrogens with one attached hydrogen (secondary N) is 2. The lowest BCUT2D eigenvalue weighted by molar-refractivity contribution is -0.121. The van der Waals surface area contributed by atoms with E-state index in [1.54, 1.807) is 19.3 Å². The monoisotopic (exact) mass is 288 g/mol. The zero-order valence-corrected chi connectivity index (χ0v) is 11.5. The number of carbonyl (C=O) groups excluding carboxylic acids is 2. The van der Waals surface area contributed by atoms with Crippen LogP contribution in [0.25, 0.3) is 0 Å². The smallest absolute Gasteiger partial charge is 0.414 e. The highest BCUT2D eigenvalue weighted by Crippen LogP contribution is 2.00. The van der Waals surface area contributed by atoms with Crippen LogP contribution in [0.3, 0.4) is 0 Å². The third kappa shape index (κ3) is 4.64. The van der Waals surface area contributed by atoms with E-state index in [9.17, 15) is 9.59 Å². The summed E-state index contributed by atoms with van der Waals surface area (Å²) < 4.78 is 6.49. The molecular weight excluding hydrogens is 272 g/mol. The van der Waals surface area contributed by atoms with E-state index in [-0.39, 0.29) is 6.61 Å². The molecule has 2 aromatic rings. The van der Waals surface area contributed by atoms with Gasteiger partial charge in [-0.1, -0.05) is 30.3 Å². The van der Waals surface area contributed by atoms with E-state index >= 15 is 0 Å². The topological polar surface area (TPSA) is 85.3 Å². The van der Waals surface area contributed by atoms with Gasteiger partial charge in [0.2, 0.25) is 0 Å². The van der Waals surface area contributed by atoms with Gasteiger partial charge in [0.25, 0.3) is 5.91 Å². The highest BCUT2D eigenvalue weighted by atomic mass is 16.5. The van der Waals surface area contributed by atoms with Crippen LogP contribution in [-0.4, -0.2) is 27.7 Å². The summed E-state index contributed by atoms with van der Waals surface area (Å²) in [6, 6.07) is 8.62. The maximum absolute atomic E-state index is 11.8. The molecule has 110 valence electrons. The zero-order valence-electron chi connectivity index (χ0n) is 11.5. The highest BCUT2D eigenvalue weighted by molar-refractivity contribution is 5.95. The van der Waals surface area contributed by atoms with E-state index in [0.717, 1.165) is 5.56 Å². The Kier molecular flexibility index (Phi) is 4.92. The third-order valence-corrected chi connectivity index (χ3v) is 2.68. The van der Waals surface area contributed by atoms with Gasteiger partial charge in [-0.3, -0.25) is 14.8 Å². The molecule has 0 saturated carbocycles. The van der Waals surface area contributed by atoms with Crippen LogP contribution in [-0.2, 0) is 16.1 Å². The molecule has 1 heterocycles. The normalized spacial score (nSPS) is 11.5. The minimum atomic E-state index is -0.775. The Morgan fingerprint density at radius 1 is 1.33 bits per heavy atom. The third-order valence-electron chi connectivity index (χ3n) is 2.68. The fraction of sp³-hybridized carbons (Fsp3) is 0.214. The molecule has 0 aliphatic rings. The zero-order chi connectivity index (χ0) is 15.1. The number of carbonyl (C=O) groups is 2. The van der Waals surface area contributed by atoms with Crippen LogP contribution in [0.2, 0.25) is 0 Å². The van der Waals surface area contributed by atoms with Gasteiger partial charge >= 0.3 is 6.09 Å².